The third-order valence-electron chi connectivity index (χ3n) is 3.22. The number of ether oxygens (including phenoxy) is 1. The number of carbonyl (C=O) groups is 1. The first-order valence-corrected chi connectivity index (χ1v) is 6.54. The van der Waals surface area contributed by atoms with Crippen molar-refractivity contribution in [2.24, 2.45) is 5.92 Å². The highest BCUT2D eigenvalue weighted by atomic mass is 16.5. The molecule has 1 heterocycles. The van der Waals surface area contributed by atoms with Gasteiger partial charge in [0.1, 0.15) is 0 Å². The van der Waals surface area contributed by atoms with Gasteiger partial charge in [-0.15, -0.1) is 0 Å². The number of nitrogens with zero attached hydrogens (tertiary/aromatic N) is 2. The van der Waals surface area contributed by atoms with Gasteiger partial charge in [0, 0.05) is 6.42 Å². The number of piperidine rings is 1. The average Bonchev–Trinajstić information content (AvgIpc) is 2.36. The maximum atomic E-state index is 11.5. The fourth-order valence-electron chi connectivity index (χ4n) is 2.19. The molecule has 1 saturated heterocycles. The van der Waals surface area contributed by atoms with Crippen LogP contribution in [0.2, 0.25) is 0 Å². The van der Waals surface area contributed by atoms with Crippen LogP contribution in [-0.4, -0.2) is 37.1 Å². The molecule has 0 atom stereocenters. The Labute approximate surface area is 104 Å². The monoisotopic (exact) mass is 238 g/mol. The molecule has 0 bridgehead atoms. The van der Waals surface area contributed by atoms with E-state index < -0.39 is 0 Å². The van der Waals surface area contributed by atoms with E-state index in [0.717, 1.165) is 45.3 Å². The molecule has 1 aliphatic heterocycles. The fourth-order valence-corrected chi connectivity index (χ4v) is 2.19. The smallest absolute Gasteiger partial charge is 0.309 e. The third-order valence-corrected chi connectivity index (χ3v) is 3.22. The molecule has 4 heteroatoms. The van der Waals surface area contributed by atoms with Crippen molar-refractivity contribution in [2.45, 2.75) is 39.0 Å². The molecule has 1 rings (SSSR count). The Bertz CT molecular complexity index is 265. The predicted molar refractivity (Wildman–Crippen MR) is 65.3 cm³/mol. The molecule has 0 aliphatic carbocycles. The second-order valence-corrected chi connectivity index (χ2v) is 4.48. The van der Waals surface area contributed by atoms with E-state index in [2.05, 4.69) is 11.0 Å². The summed E-state index contributed by atoms with van der Waals surface area (Å²) < 4.78 is 5.04. The van der Waals surface area contributed by atoms with E-state index in [1.807, 2.05) is 6.92 Å². The highest BCUT2D eigenvalue weighted by Crippen LogP contribution is 2.18. The normalized spacial score (nSPS) is 17.6. The van der Waals surface area contributed by atoms with Gasteiger partial charge in [-0.05, 0) is 52.2 Å². The van der Waals surface area contributed by atoms with Gasteiger partial charge in [-0.3, -0.25) is 4.79 Å². The van der Waals surface area contributed by atoms with Crippen molar-refractivity contribution in [3.63, 3.8) is 0 Å². The van der Waals surface area contributed by atoms with Gasteiger partial charge in [-0.1, -0.05) is 0 Å². The highest BCUT2D eigenvalue weighted by Gasteiger charge is 2.25. The lowest BCUT2D eigenvalue weighted by Gasteiger charge is -2.30. The van der Waals surface area contributed by atoms with Crippen LogP contribution in [0.1, 0.15) is 39.0 Å². The van der Waals surface area contributed by atoms with Gasteiger partial charge in [-0.2, -0.15) is 5.26 Å². The Morgan fingerprint density at radius 1 is 1.41 bits per heavy atom. The molecule has 0 unspecified atom stereocenters. The molecular formula is C13H22N2O2. The lowest BCUT2D eigenvalue weighted by Crippen LogP contribution is -2.37. The van der Waals surface area contributed by atoms with Gasteiger partial charge in [-0.25, -0.2) is 0 Å². The van der Waals surface area contributed by atoms with Gasteiger partial charge >= 0.3 is 5.97 Å². The lowest BCUT2D eigenvalue weighted by molar-refractivity contribution is -0.149. The Morgan fingerprint density at radius 3 is 2.71 bits per heavy atom. The average molecular weight is 238 g/mol. The van der Waals surface area contributed by atoms with Crippen LogP contribution in [0.25, 0.3) is 0 Å². The first-order valence-electron chi connectivity index (χ1n) is 6.54. The molecule has 0 saturated carbocycles. The number of hydrogen-bond acceptors (Lipinski definition) is 4. The van der Waals surface area contributed by atoms with Gasteiger partial charge in [0.2, 0.25) is 0 Å². The number of unbranched alkanes of at least 4 members (excludes halogenated alkanes) is 2. The molecule has 4 nitrogen and oxygen atoms in total. The molecule has 1 aliphatic rings. The molecule has 1 fully saturated rings. The molecule has 17 heavy (non-hydrogen) atoms. The Kier molecular flexibility index (Phi) is 6.64. The minimum atomic E-state index is -0.0309. The minimum absolute atomic E-state index is 0.0309. The van der Waals surface area contributed by atoms with Crippen LogP contribution in [0.4, 0.5) is 0 Å². The molecule has 0 aromatic rings. The van der Waals surface area contributed by atoms with Crippen molar-refractivity contribution in [3.8, 4) is 6.07 Å². The summed E-state index contributed by atoms with van der Waals surface area (Å²) in [7, 11) is 0. The zero-order valence-corrected chi connectivity index (χ0v) is 10.7. The summed E-state index contributed by atoms with van der Waals surface area (Å²) in [6, 6.07) is 2.16. The number of hydrogen-bond donors (Lipinski definition) is 0. The quantitative estimate of drug-likeness (QED) is 0.524. The maximum Gasteiger partial charge on any atom is 0.309 e. The summed E-state index contributed by atoms with van der Waals surface area (Å²) in [5.41, 5.74) is 0. The molecule has 0 aromatic carbocycles. The van der Waals surface area contributed by atoms with E-state index in [-0.39, 0.29) is 11.9 Å². The van der Waals surface area contributed by atoms with E-state index in [1.165, 1.54) is 0 Å². The number of likely N-dealkylation sites (tertiary alicyclic amines) is 1. The second-order valence-electron chi connectivity index (χ2n) is 4.48. The summed E-state index contributed by atoms with van der Waals surface area (Å²) in [4.78, 5) is 13.9. The number of rotatable bonds is 6. The Hall–Kier alpha value is -1.08. The molecule has 0 aromatic heterocycles. The van der Waals surface area contributed by atoms with Crippen LogP contribution in [0.3, 0.4) is 0 Å². The highest BCUT2D eigenvalue weighted by molar-refractivity contribution is 5.72. The van der Waals surface area contributed by atoms with Gasteiger partial charge in [0.25, 0.3) is 0 Å². The van der Waals surface area contributed by atoms with Crippen LogP contribution in [0.15, 0.2) is 0 Å². The third kappa shape index (κ3) is 5.18. The van der Waals surface area contributed by atoms with Crippen molar-refractivity contribution >= 4 is 5.97 Å². The summed E-state index contributed by atoms with van der Waals surface area (Å²) in [5, 5.41) is 8.43. The molecule has 0 radical (unpaired) electrons. The Balaban J connectivity index is 2.13. The number of nitriles is 1. The minimum Gasteiger partial charge on any atom is -0.466 e. The number of carbonyl (C=O) groups excluding carboxylic acids is 1. The van der Waals surface area contributed by atoms with E-state index in [4.69, 9.17) is 10.00 Å². The lowest BCUT2D eigenvalue weighted by atomic mass is 9.97. The topological polar surface area (TPSA) is 53.3 Å². The van der Waals surface area contributed by atoms with Gasteiger partial charge < -0.3 is 9.64 Å². The molecule has 0 amide bonds. The van der Waals surface area contributed by atoms with Crippen LogP contribution in [-0.2, 0) is 9.53 Å². The van der Waals surface area contributed by atoms with E-state index in [1.54, 1.807) is 0 Å². The zero-order valence-electron chi connectivity index (χ0n) is 10.7. The van der Waals surface area contributed by atoms with E-state index in [0.29, 0.717) is 13.0 Å². The zero-order chi connectivity index (χ0) is 12.5. The summed E-state index contributed by atoms with van der Waals surface area (Å²) in [5.74, 6) is 0.0712. The summed E-state index contributed by atoms with van der Waals surface area (Å²) >= 11 is 0. The maximum absolute atomic E-state index is 11.5. The van der Waals surface area contributed by atoms with Crippen molar-refractivity contribution in [1.29, 1.82) is 5.26 Å². The van der Waals surface area contributed by atoms with Gasteiger partial charge in [0.05, 0.1) is 18.6 Å². The van der Waals surface area contributed by atoms with Crippen molar-refractivity contribution in [1.82, 2.24) is 4.90 Å². The number of esters is 1. The Morgan fingerprint density at radius 2 is 2.12 bits per heavy atom. The van der Waals surface area contributed by atoms with Gasteiger partial charge in [0.15, 0.2) is 0 Å². The molecule has 0 N–H and O–H groups in total. The van der Waals surface area contributed by atoms with Crippen molar-refractivity contribution in [3.05, 3.63) is 0 Å². The first-order chi connectivity index (χ1) is 8.27. The predicted octanol–water partition coefficient (Wildman–Crippen LogP) is 1.96. The standard InChI is InChI=1S/C13H22N2O2/c1-2-17-13(16)12-6-10-15(11-7-12)9-5-3-4-8-14/h12H,2-7,9-11H2,1H3. The van der Waals surface area contributed by atoms with Crippen molar-refractivity contribution < 1.29 is 9.53 Å². The second kappa shape index (κ2) is 8.08. The van der Waals surface area contributed by atoms with Crippen LogP contribution in [0.5, 0.6) is 0 Å². The van der Waals surface area contributed by atoms with Crippen LogP contribution in [0, 0.1) is 17.2 Å². The van der Waals surface area contributed by atoms with E-state index >= 15 is 0 Å². The summed E-state index contributed by atoms with van der Waals surface area (Å²) in [6.07, 6.45) is 4.54. The van der Waals surface area contributed by atoms with Crippen LogP contribution >= 0.6 is 0 Å². The van der Waals surface area contributed by atoms with Crippen LogP contribution < -0.4 is 0 Å². The molecular weight excluding hydrogens is 216 g/mol. The molecule has 96 valence electrons. The van der Waals surface area contributed by atoms with Crippen molar-refractivity contribution in [2.75, 3.05) is 26.2 Å². The largest absolute Gasteiger partial charge is 0.466 e. The van der Waals surface area contributed by atoms with E-state index in [9.17, 15) is 4.79 Å². The molecule has 0 spiro atoms. The fraction of sp³-hybridized carbons (Fsp3) is 0.846. The first kappa shape index (κ1) is 14.0. The SMILES string of the molecule is CCOC(=O)C1CCN(CCCCC#N)CC1. The summed E-state index contributed by atoms with van der Waals surface area (Å²) in [6.45, 7) is 5.35.